The molecule has 2 aromatic rings. The van der Waals surface area contributed by atoms with Gasteiger partial charge in [-0.05, 0) is 64.3 Å². The van der Waals surface area contributed by atoms with E-state index in [1.165, 1.54) is 32.4 Å². The summed E-state index contributed by atoms with van der Waals surface area (Å²) in [5.41, 5.74) is 1.96. The first-order valence-corrected chi connectivity index (χ1v) is 11.5. The monoisotopic (exact) mass is 417 g/mol. The van der Waals surface area contributed by atoms with Gasteiger partial charge < -0.3 is 9.80 Å². The van der Waals surface area contributed by atoms with Crippen LogP contribution in [0.5, 0.6) is 0 Å². The second-order valence-electron chi connectivity index (χ2n) is 7.93. The summed E-state index contributed by atoms with van der Waals surface area (Å²) in [4.78, 5) is 23.7. The molecule has 0 spiro atoms. The van der Waals surface area contributed by atoms with Crippen LogP contribution in [0.1, 0.15) is 42.0 Å². The Bertz CT molecular complexity index is 814. The number of carbonyl (C=O) groups excluding carboxylic acids is 1. The van der Waals surface area contributed by atoms with E-state index in [0.717, 1.165) is 47.1 Å². The first kappa shape index (κ1) is 19.9. The van der Waals surface area contributed by atoms with Gasteiger partial charge in [-0.15, -0.1) is 11.3 Å². The zero-order valence-electron chi connectivity index (χ0n) is 16.5. The van der Waals surface area contributed by atoms with Crippen molar-refractivity contribution in [3.63, 3.8) is 0 Å². The number of nitrogens with zero attached hydrogens (tertiary/aromatic N) is 3. The second kappa shape index (κ2) is 8.93. The van der Waals surface area contributed by atoms with Crippen LogP contribution in [0.15, 0.2) is 24.3 Å². The van der Waals surface area contributed by atoms with Crippen LogP contribution in [0.4, 0.5) is 0 Å². The van der Waals surface area contributed by atoms with Crippen molar-refractivity contribution in [1.29, 1.82) is 0 Å². The third kappa shape index (κ3) is 4.58. The summed E-state index contributed by atoms with van der Waals surface area (Å²) in [6.07, 6.45) is 6.52. The van der Waals surface area contributed by atoms with Gasteiger partial charge in [-0.3, -0.25) is 4.79 Å². The maximum Gasteiger partial charge on any atom is 0.228 e. The fourth-order valence-corrected chi connectivity index (χ4v) is 5.52. The maximum absolute atomic E-state index is 13.3. The summed E-state index contributed by atoms with van der Waals surface area (Å²) in [6.45, 7) is 6.32. The topological polar surface area (TPSA) is 36.4 Å². The molecule has 2 fully saturated rings. The van der Waals surface area contributed by atoms with Gasteiger partial charge >= 0.3 is 0 Å². The van der Waals surface area contributed by atoms with Gasteiger partial charge in [0, 0.05) is 34.6 Å². The van der Waals surface area contributed by atoms with E-state index in [1.54, 1.807) is 11.3 Å². The molecule has 2 aliphatic heterocycles. The van der Waals surface area contributed by atoms with Gasteiger partial charge in [-0.2, -0.15) is 0 Å². The fraction of sp³-hybridized carbons (Fsp3) is 0.545. The first-order chi connectivity index (χ1) is 13.6. The third-order valence-corrected chi connectivity index (χ3v) is 7.07. The van der Waals surface area contributed by atoms with Crippen molar-refractivity contribution in [3.05, 3.63) is 39.2 Å². The van der Waals surface area contributed by atoms with Crippen molar-refractivity contribution < 1.29 is 4.79 Å². The van der Waals surface area contributed by atoms with Crippen LogP contribution in [-0.4, -0.2) is 52.9 Å². The van der Waals surface area contributed by atoms with E-state index in [9.17, 15) is 4.79 Å². The Balaban J connectivity index is 1.50. The van der Waals surface area contributed by atoms with E-state index < -0.39 is 0 Å². The van der Waals surface area contributed by atoms with Gasteiger partial charge in [0.15, 0.2) is 0 Å². The van der Waals surface area contributed by atoms with Gasteiger partial charge in [0.1, 0.15) is 0 Å². The Hall–Kier alpha value is -1.43. The molecule has 28 heavy (non-hydrogen) atoms. The number of aryl methyl sites for hydroxylation is 1. The second-order valence-corrected chi connectivity index (χ2v) is 9.66. The van der Waals surface area contributed by atoms with Crippen LogP contribution < -0.4 is 0 Å². The molecule has 4 nitrogen and oxygen atoms in total. The molecule has 2 aliphatic rings. The molecule has 0 saturated carbocycles. The molecule has 0 N–H and O–H groups in total. The summed E-state index contributed by atoms with van der Waals surface area (Å²) in [5.74, 6) is 0.253. The van der Waals surface area contributed by atoms with Crippen LogP contribution in [0.25, 0.3) is 11.3 Å². The van der Waals surface area contributed by atoms with Crippen LogP contribution >= 0.6 is 22.9 Å². The highest BCUT2D eigenvalue weighted by Crippen LogP contribution is 2.30. The molecule has 6 heteroatoms. The summed E-state index contributed by atoms with van der Waals surface area (Å²) < 4.78 is 0. The predicted molar refractivity (Wildman–Crippen MR) is 116 cm³/mol. The van der Waals surface area contributed by atoms with Crippen molar-refractivity contribution in [3.8, 4) is 11.3 Å². The van der Waals surface area contributed by atoms with E-state index in [1.807, 2.05) is 31.2 Å². The van der Waals surface area contributed by atoms with Crippen molar-refractivity contribution in [2.45, 2.75) is 51.5 Å². The largest absolute Gasteiger partial charge is 0.338 e. The van der Waals surface area contributed by atoms with Crippen LogP contribution in [-0.2, 0) is 11.2 Å². The standard InChI is InChI=1S/C22H28ClN3OS/c1-16-24-22(17-7-9-18(23)10-8-17)20(28-16)14-21(27)26-13-3-2-6-19(26)15-25-11-4-5-12-25/h7-10,19H,2-6,11-15H2,1H3/t19-/m0/s1. The zero-order chi connectivity index (χ0) is 19.5. The molecule has 0 bridgehead atoms. The van der Waals surface area contributed by atoms with Gasteiger partial charge in [0.2, 0.25) is 5.91 Å². The van der Waals surface area contributed by atoms with Gasteiger partial charge in [-0.25, -0.2) is 4.98 Å². The van der Waals surface area contributed by atoms with E-state index in [0.29, 0.717) is 17.5 Å². The Labute approximate surface area is 176 Å². The first-order valence-electron chi connectivity index (χ1n) is 10.3. The number of piperidine rings is 1. The lowest BCUT2D eigenvalue weighted by Gasteiger charge is -2.38. The quantitative estimate of drug-likeness (QED) is 0.701. The number of thiazole rings is 1. The lowest BCUT2D eigenvalue weighted by Crippen LogP contribution is -2.49. The number of amides is 1. The Morgan fingerprint density at radius 1 is 1.14 bits per heavy atom. The molecule has 4 rings (SSSR count). The van der Waals surface area contributed by atoms with Crippen LogP contribution in [0, 0.1) is 6.92 Å². The molecule has 0 aliphatic carbocycles. The number of rotatable bonds is 5. The Kier molecular flexibility index (Phi) is 6.34. The van der Waals surface area contributed by atoms with Crippen molar-refractivity contribution >= 4 is 28.8 Å². The van der Waals surface area contributed by atoms with E-state index in [-0.39, 0.29) is 5.91 Å². The Morgan fingerprint density at radius 2 is 1.86 bits per heavy atom. The number of hydrogen-bond donors (Lipinski definition) is 0. The van der Waals surface area contributed by atoms with E-state index in [4.69, 9.17) is 16.6 Å². The van der Waals surface area contributed by atoms with Crippen molar-refractivity contribution in [2.24, 2.45) is 0 Å². The predicted octanol–water partition coefficient (Wildman–Crippen LogP) is 4.79. The molecule has 1 aromatic carbocycles. The number of hydrogen-bond acceptors (Lipinski definition) is 4. The normalized spacial score (nSPS) is 20.6. The minimum Gasteiger partial charge on any atom is -0.338 e. The molecule has 0 unspecified atom stereocenters. The number of likely N-dealkylation sites (tertiary alicyclic amines) is 2. The average Bonchev–Trinajstić information content (AvgIpc) is 3.32. The number of benzene rings is 1. The van der Waals surface area contributed by atoms with E-state index >= 15 is 0 Å². The summed E-state index contributed by atoms with van der Waals surface area (Å²) in [7, 11) is 0. The number of halogens is 1. The molecule has 1 atom stereocenters. The van der Waals surface area contributed by atoms with Crippen LogP contribution in [0.3, 0.4) is 0 Å². The molecule has 3 heterocycles. The lowest BCUT2D eigenvalue weighted by molar-refractivity contribution is -0.134. The molecular weight excluding hydrogens is 390 g/mol. The minimum atomic E-state index is 0.253. The lowest BCUT2D eigenvalue weighted by atomic mass is 10.0. The van der Waals surface area contributed by atoms with Crippen molar-refractivity contribution in [1.82, 2.24) is 14.8 Å². The fourth-order valence-electron chi connectivity index (χ4n) is 4.44. The number of carbonyl (C=O) groups is 1. The van der Waals surface area contributed by atoms with Crippen molar-refractivity contribution in [2.75, 3.05) is 26.2 Å². The van der Waals surface area contributed by atoms with Gasteiger partial charge in [0.05, 0.1) is 17.1 Å². The molecule has 1 amide bonds. The molecule has 0 radical (unpaired) electrons. The molecule has 150 valence electrons. The molecule has 2 saturated heterocycles. The third-order valence-electron chi connectivity index (χ3n) is 5.85. The van der Waals surface area contributed by atoms with E-state index in [2.05, 4.69) is 9.80 Å². The smallest absolute Gasteiger partial charge is 0.228 e. The Morgan fingerprint density at radius 3 is 2.61 bits per heavy atom. The summed E-state index contributed by atoms with van der Waals surface area (Å²) in [5, 5.41) is 1.71. The highest BCUT2D eigenvalue weighted by Gasteiger charge is 2.30. The summed E-state index contributed by atoms with van der Waals surface area (Å²) in [6, 6.07) is 8.11. The van der Waals surface area contributed by atoms with Crippen LogP contribution in [0.2, 0.25) is 5.02 Å². The average molecular weight is 418 g/mol. The zero-order valence-corrected chi connectivity index (χ0v) is 18.1. The molecule has 1 aromatic heterocycles. The highest BCUT2D eigenvalue weighted by atomic mass is 35.5. The molecular formula is C22H28ClN3OS. The van der Waals surface area contributed by atoms with Gasteiger partial charge in [-0.1, -0.05) is 23.7 Å². The summed E-state index contributed by atoms with van der Waals surface area (Å²) >= 11 is 7.67. The number of aromatic nitrogens is 1. The van der Waals surface area contributed by atoms with Gasteiger partial charge in [0.25, 0.3) is 0 Å². The highest BCUT2D eigenvalue weighted by molar-refractivity contribution is 7.12. The SMILES string of the molecule is Cc1nc(-c2ccc(Cl)cc2)c(CC(=O)N2CCCC[C@H]2CN2CCCC2)s1. The maximum atomic E-state index is 13.3. The minimum absolute atomic E-state index is 0.253.